The van der Waals surface area contributed by atoms with Crippen molar-refractivity contribution in [3.63, 3.8) is 0 Å². The van der Waals surface area contributed by atoms with Crippen molar-refractivity contribution in [2.24, 2.45) is 0 Å². The summed E-state index contributed by atoms with van der Waals surface area (Å²) in [5.41, 5.74) is 0. The zero-order valence-corrected chi connectivity index (χ0v) is 38.9. The summed E-state index contributed by atoms with van der Waals surface area (Å²) in [4.78, 5) is 0. The van der Waals surface area contributed by atoms with Crippen molar-refractivity contribution in [2.45, 2.75) is 0 Å². The van der Waals surface area contributed by atoms with Crippen LogP contribution >= 0.6 is 77.0 Å². The van der Waals surface area contributed by atoms with E-state index in [4.69, 9.17) is 29.2 Å². The summed E-state index contributed by atoms with van der Waals surface area (Å²) in [5, 5.41) is 36.5. The number of hydrogen-bond donors (Lipinski definition) is 4. The average Bonchev–Trinajstić information content (AvgIpc) is 3.21. The largest absolute Gasteiger partial charge is 0.508 e. The second-order valence-electron chi connectivity index (χ2n) is 12.2. The highest BCUT2D eigenvalue weighted by Gasteiger charge is 2.06. The number of rotatable bonds is 8. The van der Waals surface area contributed by atoms with Gasteiger partial charge in [-0.2, -0.15) is 0 Å². The van der Waals surface area contributed by atoms with E-state index >= 15 is 0 Å². The number of halogens is 4. The van der Waals surface area contributed by atoms with Gasteiger partial charge >= 0.3 is 0 Å². The summed E-state index contributed by atoms with van der Waals surface area (Å²) >= 11 is 11.3. The Bertz CT molecular complexity index is 2460. The average molecular weight is 1150 g/mol. The summed E-state index contributed by atoms with van der Waals surface area (Å²) < 4.78 is 28.4. The highest BCUT2D eigenvalue weighted by molar-refractivity contribution is 14.1. The lowest BCUT2D eigenvalue weighted by Crippen LogP contribution is -1.89. The first kappa shape index (κ1) is 45.7. The van der Waals surface area contributed by atoms with Crippen LogP contribution in [-0.4, -0.2) is 20.4 Å². The highest BCUT2D eigenvalue weighted by Crippen LogP contribution is 2.33. The molecule has 60 heavy (non-hydrogen) atoms. The minimum absolute atomic E-state index is 0.0880. The standard InChI is InChI=1S/C30H22O6.C6H4Br2.C6H4I2.C6H6O2/c31-21-5-1-7-25(17-21)33-23-13-15-24(16-14-23)34-27-9-3-11-29(19-27)36-30-12-4-10-28(20-30)35-26-8-2-6-22(32)18-26;7-5-1-2-6(8)4-3-5;2*7-5-2-1-3-6(8)4-5/h1-20,31-32H;2*1-4H;1-4,7-8H. The first-order valence-electron chi connectivity index (χ1n) is 17.9. The molecule has 4 N–H and O–H groups in total. The third kappa shape index (κ3) is 17.0. The molecule has 8 aromatic carbocycles. The molecule has 0 unspecified atom stereocenters. The third-order valence-electron chi connectivity index (χ3n) is 7.43. The van der Waals surface area contributed by atoms with E-state index in [1.165, 1.54) is 25.3 Å². The van der Waals surface area contributed by atoms with Gasteiger partial charge < -0.3 is 39.4 Å². The molecule has 0 aromatic heterocycles. The van der Waals surface area contributed by atoms with Crippen molar-refractivity contribution in [1.29, 1.82) is 0 Å². The molecule has 0 radical (unpaired) electrons. The summed E-state index contributed by atoms with van der Waals surface area (Å²) in [5.74, 6) is 5.18. The van der Waals surface area contributed by atoms with E-state index in [0.717, 1.165) is 8.95 Å². The van der Waals surface area contributed by atoms with Gasteiger partial charge in [0.05, 0.1) is 0 Å². The number of benzene rings is 8. The predicted octanol–water partition coefficient (Wildman–Crippen LogP) is 15.5. The van der Waals surface area contributed by atoms with Crippen molar-refractivity contribution >= 4 is 77.0 Å². The molecule has 8 rings (SSSR count). The Labute approximate surface area is 392 Å². The van der Waals surface area contributed by atoms with Gasteiger partial charge in [0, 0.05) is 46.4 Å². The summed E-state index contributed by atoms with van der Waals surface area (Å²) in [6, 6.07) is 57.1. The summed E-state index contributed by atoms with van der Waals surface area (Å²) in [6.45, 7) is 0. The molecule has 0 atom stereocenters. The second kappa shape index (κ2) is 24.0. The van der Waals surface area contributed by atoms with Crippen LogP contribution in [0, 0.1) is 7.14 Å². The molecule has 0 saturated heterocycles. The van der Waals surface area contributed by atoms with Crippen molar-refractivity contribution < 1.29 is 39.4 Å². The molecule has 0 aliphatic heterocycles. The Kier molecular flexibility index (Phi) is 18.3. The zero-order chi connectivity index (χ0) is 42.7. The highest BCUT2D eigenvalue weighted by atomic mass is 127. The topological polar surface area (TPSA) is 118 Å². The summed E-state index contributed by atoms with van der Waals surface area (Å²) in [7, 11) is 0. The zero-order valence-electron chi connectivity index (χ0n) is 31.4. The van der Waals surface area contributed by atoms with Crippen LogP contribution in [0.1, 0.15) is 0 Å². The van der Waals surface area contributed by atoms with E-state index in [2.05, 4.69) is 101 Å². The molecular formula is C48H36Br2I2O8. The molecule has 0 spiro atoms. The summed E-state index contributed by atoms with van der Waals surface area (Å²) in [6.07, 6.45) is 0. The number of aromatic hydroxyl groups is 4. The molecule has 304 valence electrons. The molecule has 0 heterocycles. The molecule has 12 heteroatoms. The SMILES string of the molecule is Brc1ccc(Br)cc1.Ic1cccc(I)c1.Oc1cccc(O)c1.Oc1cccc(Oc2ccc(Oc3cccc(Oc4cccc(Oc5cccc(O)c5)c4)c3)cc2)c1. The van der Waals surface area contributed by atoms with Crippen LogP contribution in [0.2, 0.25) is 0 Å². The molecular weight excluding hydrogens is 1120 g/mol. The van der Waals surface area contributed by atoms with E-state index in [1.807, 2.05) is 60.7 Å². The Morgan fingerprint density at radius 1 is 0.283 bits per heavy atom. The molecule has 8 aromatic rings. The fraction of sp³-hybridized carbons (Fsp3) is 0. The fourth-order valence-electron chi connectivity index (χ4n) is 4.80. The van der Waals surface area contributed by atoms with Gasteiger partial charge in [-0.05, 0) is 173 Å². The van der Waals surface area contributed by atoms with Gasteiger partial charge in [0.25, 0.3) is 0 Å². The van der Waals surface area contributed by atoms with Crippen molar-refractivity contribution in [3.05, 3.63) is 210 Å². The van der Waals surface area contributed by atoms with Gasteiger partial charge in [-0.25, -0.2) is 0 Å². The molecule has 0 aliphatic carbocycles. The normalized spacial score (nSPS) is 9.93. The van der Waals surface area contributed by atoms with Crippen LogP contribution in [0.5, 0.6) is 69.0 Å². The molecule has 0 bridgehead atoms. The lowest BCUT2D eigenvalue weighted by atomic mass is 10.3. The van der Waals surface area contributed by atoms with Gasteiger partial charge in [-0.15, -0.1) is 0 Å². The first-order chi connectivity index (χ1) is 28.9. The Morgan fingerprint density at radius 3 is 0.833 bits per heavy atom. The number of phenols is 4. The Balaban J connectivity index is 0.000000227. The van der Waals surface area contributed by atoms with Crippen LogP contribution in [-0.2, 0) is 0 Å². The van der Waals surface area contributed by atoms with Crippen LogP contribution in [0.25, 0.3) is 0 Å². The predicted molar refractivity (Wildman–Crippen MR) is 259 cm³/mol. The number of hydrogen-bond acceptors (Lipinski definition) is 8. The number of ether oxygens (including phenoxy) is 4. The fourth-order valence-corrected chi connectivity index (χ4v) is 7.01. The lowest BCUT2D eigenvalue weighted by Gasteiger charge is -2.11. The van der Waals surface area contributed by atoms with E-state index < -0.39 is 0 Å². The van der Waals surface area contributed by atoms with Crippen molar-refractivity contribution in [1.82, 2.24) is 0 Å². The quantitative estimate of drug-likeness (QED) is 0.111. The third-order valence-corrected chi connectivity index (χ3v) is 9.83. The Hall–Kier alpha value is -5.42. The molecule has 0 fully saturated rings. The van der Waals surface area contributed by atoms with Gasteiger partial charge in [-0.3, -0.25) is 0 Å². The molecule has 0 aliphatic rings. The second-order valence-corrected chi connectivity index (χ2v) is 16.5. The minimum atomic E-state index is 0.0880. The molecule has 0 saturated carbocycles. The maximum absolute atomic E-state index is 9.62. The lowest BCUT2D eigenvalue weighted by molar-refractivity contribution is 0.444. The minimum Gasteiger partial charge on any atom is -0.508 e. The van der Waals surface area contributed by atoms with E-state index in [9.17, 15) is 10.2 Å². The van der Waals surface area contributed by atoms with Gasteiger partial charge in [0.1, 0.15) is 69.0 Å². The van der Waals surface area contributed by atoms with Crippen molar-refractivity contribution in [3.8, 4) is 69.0 Å². The van der Waals surface area contributed by atoms with Gasteiger partial charge in [0.15, 0.2) is 0 Å². The van der Waals surface area contributed by atoms with Crippen molar-refractivity contribution in [2.75, 3.05) is 0 Å². The monoisotopic (exact) mass is 1150 g/mol. The molecule has 8 nitrogen and oxygen atoms in total. The smallest absolute Gasteiger partial charge is 0.131 e. The first-order valence-corrected chi connectivity index (χ1v) is 21.6. The van der Waals surface area contributed by atoms with E-state index in [-0.39, 0.29) is 23.0 Å². The van der Waals surface area contributed by atoms with E-state index in [0.29, 0.717) is 46.0 Å². The molecule has 0 amide bonds. The maximum atomic E-state index is 9.62. The Morgan fingerprint density at radius 2 is 0.550 bits per heavy atom. The number of phenolic OH excluding ortho intramolecular Hbond substituents is 4. The van der Waals surface area contributed by atoms with Crippen LogP contribution in [0.3, 0.4) is 0 Å². The van der Waals surface area contributed by atoms with Crippen LogP contribution in [0.15, 0.2) is 203 Å². The van der Waals surface area contributed by atoms with E-state index in [1.54, 1.807) is 91.0 Å². The van der Waals surface area contributed by atoms with Gasteiger partial charge in [0.2, 0.25) is 0 Å². The van der Waals surface area contributed by atoms with Crippen LogP contribution in [0.4, 0.5) is 0 Å². The van der Waals surface area contributed by atoms with Gasteiger partial charge in [-0.1, -0.05) is 68.3 Å². The maximum Gasteiger partial charge on any atom is 0.131 e. The van der Waals surface area contributed by atoms with Crippen LogP contribution < -0.4 is 18.9 Å².